The molecule has 2 heterocycles. The summed E-state index contributed by atoms with van der Waals surface area (Å²) in [6, 6.07) is 14.5. The number of esters is 1. The minimum Gasteiger partial charge on any atom is -0.457 e. The average Bonchev–Trinajstić information content (AvgIpc) is 3.07. The van der Waals surface area contributed by atoms with Crippen LogP contribution in [0.4, 0.5) is 5.69 Å². The second kappa shape index (κ2) is 10.5. The molecule has 0 radical (unpaired) electrons. The third kappa shape index (κ3) is 5.38. The van der Waals surface area contributed by atoms with Crippen molar-refractivity contribution in [2.45, 2.75) is 37.0 Å². The zero-order valence-corrected chi connectivity index (χ0v) is 21.7. The van der Waals surface area contributed by atoms with Crippen molar-refractivity contribution in [3.63, 3.8) is 0 Å². The van der Waals surface area contributed by atoms with Gasteiger partial charge >= 0.3 is 5.97 Å². The van der Waals surface area contributed by atoms with Gasteiger partial charge in [-0.15, -0.1) is 0 Å². The van der Waals surface area contributed by atoms with E-state index in [9.17, 15) is 18.0 Å². The lowest BCUT2D eigenvalue weighted by Crippen LogP contribution is -2.40. The van der Waals surface area contributed by atoms with Gasteiger partial charge in [-0.3, -0.25) is 9.59 Å². The summed E-state index contributed by atoms with van der Waals surface area (Å²) in [5.41, 5.74) is 3.55. The molecule has 8 nitrogen and oxygen atoms in total. The molecule has 0 bridgehead atoms. The summed E-state index contributed by atoms with van der Waals surface area (Å²) < 4.78 is 37.3. The molecule has 2 aliphatic heterocycles. The maximum Gasteiger partial charge on any atom is 0.306 e. The Morgan fingerprint density at radius 2 is 1.72 bits per heavy atom. The Morgan fingerprint density at radius 3 is 2.39 bits per heavy atom. The summed E-state index contributed by atoms with van der Waals surface area (Å²) in [4.78, 5) is 27.0. The van der Waals surface area contributed by atoms with Crippen LogP contribution in [0.3, 0.4) is 0 Å². The Hall–Kier alpha value is -3.01. The van der Waals surface area contributed by atoms with E-state index in [4.69, 9.17) is 9.47 Å². The number of nitrogens with zero attached hydrogens (tertiary/aromatic N) is 2. The topological polar surface area (TPSA) is 93.2 Å². The molecule has 0 unspecified atom stereocenters. The fourth-order valence-electron chi connectivity index (χ4n) is 4.69. The lowest BCUT2D eigenvalue weighted by atomic mass is 9.83. The van der Waals surface area contributed by atoms with Crippen LogP contribution in [0, 0.1) is 0 Å². The SMILES string of the molecule is CN1/C(=C/C(=O)COC(=O)CCc2ccc(S(=O)(=O)N3CCOCC3)cc2)C(C)(C)c2ccccc21. The number of carbonyl (C=O) groups excluding carboxylic acids is 2. The van der Waals surface area contributed by atoms with Gasteiger partial charge in [-0.2, -0.15) is 4.31 Å². The minimum atomic E-state index is -3.55. The average molecular weight is 513 g/mol. The van der Waals surface area contributed by atoms with Gasteiger partial charge < -0.3 is 14.4 Å². The van der Waals surface area contributed by atoms with Gasteiger partial charge in [0.05, 0.1) is 18.1 Å². The molecule has 1 fully saturated rings. The fourth-order valence-corrected chi connectivity index (χ4v) is 6.10. The number of para-hydroxylation sites is 1. The van der Waals surface area contributed by atoms with Crippen molar-refractivity contribution in [2.75, 3.05) is 44.9 Å². The van der Waals surface area contributed by atoms with Crippen molar-refractivity contribution in [2.24, 2.45) is 0 Å². The first-order valence-electron chi connectivity index (χ1n) is 12.0. The molecule has 0 aromatic heterocycles. The van der Waals surface area contributed by atoms with Crippen LogP contribution < -0.4 is 4.90 Å². The molecule has 9 heteroatoms. The molecule has 2 aromatic carbocycles. The van der Waals surface area contributed by atoms with Gasteiger partial charge in [0, 0.05) is 49.4 Å². The van der Waals surface area contributed by atoms with Crippen LogP contribution in [0.15, 0.2) is 65.2 Å². The van der Waals surface area contributed by atoms with E-state index < -0.39 is 16.0 Å². The predicted octanol–water partition coefficient (Wildman–Crippen LogP) is 3.06. The summed E-state index contributed by atoms with van der Waals surface area (Å²) in [6.07, 6.45) is 2.04. The first-order valence-corrected chi connectivity index (χ1v) is 13.5. The van der Waals surface area contributed by atoms with Crippen molar-refractivity contribution in [3.8, 4) is 0 Å². The van der Waals surface area contributed by atoms with Crippen LogP contribution in [-0.4, -0.2) is 64.4 Å². The molecule has 0 spiro atoms. The molecule has 4 rings (SSSR count). The molecule has 0 saturated carbocycles. The monoisotopic (exact) mass is 512 g/mol. The Kier molecular flexibility index (Phi) is 7.63. The van der Waals surface area contributed by atoms with E-state index in [1.165, 1.54) is 4.31 Å². The number of benzene rings is 2. The molecular formula is C27H32N2O6S. The third-order valence-electron chi connectivity index (χ3n) is 6.76. The Balaban J connectivity index is 1.28. The maximum absolute atomic E-state index is 12.7. The number of hydrogen-bond acceptors (Lipinski definition) is 7. The van der Waals surface area contributed by atoms with Crippen molar-refractivity contribution in [1.82, 2.24) is 4.31 Å². The number of ketones is 1. The molecule has 0 aliphatic carbocycles. The van der Waals surface area contributed by atoms with Crippen molar-refractivity contribution >= 4 is 27.5 Å². The highest BCUT2D eigenvalue weighted by Gasteiger charge is 2.38. The number of aryl methyl sites for hydroxylation is 1. The molecule has 0 atom stereocenters. The summed E-state index contributed by atoms with van der Waals surface area (Å²) in [7, 11) is -1.63. The molecule has 36 heavy (non-hydrogen) atoms. The number of morpholine rings is 1. The Morgan fingerprint density at radius 1 is 1.06 bits per heavy atom. The molecule has 0 N–H and O–H groups in total. The van der Waals surface area contributed by atoms with Crippen LogP contribution in [0.1, 0.15) is 31.4 Å². The van der Waals surface area contributed by atoms with Crippen molar-refractivity contribution in [3.05, 3.63) is 71.4 Å². The minimum absolute atomic E-state index is 0.0935. The molecule has 192 valence electrons. The van der Waals surface area contributed by atoms with Gasteiger partial charge in [0.1, 0.15) is 0 Å². The molecular weight excluding hydrogens is 480 g/mol. The molecule has 0 amide bonds. The quantitative estimate of drug-likeness (QED) is 0.396. The second-order valence-electron chi connectivity index (χ2n) is 9.52. The third-order valence-corrected chi connectivity index (χ3v) is 8.68. The molecule has 2 aliphatic rings. The fraction of sp³-hybridized carbons (Fsp3) is 0.407. The standard InChI is InChI=1S/C27H32N2O6S/c1-27(2)23-6-4-5-7-24(23)28(3)25(27)18-21(30)19-35-26(31)13-10-20-8-11-22(12-9-20)36(32,33)29-14-16-34-17-15-29/h4-9,11-12,18H,10,13-17,19H2,1-3H3/b25-18+. The van der Waals surface area contributed by atoms with Gasteiger partial charge in [-0.25, -0.2) is 8.42 Å². The van der Waals surface area contributed by atoms with E-state index in [-0.39, 0.29) is 29.1 Å². The predicted molar refractivity (Wildman–Crippen MR) is 136 cm³/mol. The van der Waals surface area contributed by atoms with E-state index in [1.807, 2.05) is 30.1 Å². The van der Waals surface area contributed by atoms with Gasteiger partial charge in [-0.05, 0) is 35.7 Å². The maximum atomic E-state index is 12.7. The zero-order valence-electron chi connectivity index (χ0n) is 20.9. The van der Waals surface area contributed by atoms with Crippen molar-refractivity contribution in [1.29, 1.82) is 0 Å². The number of carbonyl (C=O) groups is 2. The van der Waals surface area contributed by atoms with Crippen LogP contribution in [0.2, 0.25) is 0 Å². The van der Waals surface area contributed by atoms with Gasteiger partial charge in [0.15, 0.2) is 12.4 Å². The number of ether oxygens (including phenoxy) is 2. The largest absolute Gasteiger partial charge is 0.457 e. The lowest BCUT2D eigenvalue weighted by Gasteiger charge is -2.26. The van der Waals surface area contributed by atoms with Crippen molar-refractivity contribution < 1.29 is 27.5 Å². The van der Waals surface area contributed by atoms with Crippen LogP contribution in [0.25, 0.3) is 0 Å². The number of hydrogen-bond donors (Lipinski definition) is 0. The lowest BCUT2D eigenvalue weighted by molar-refractivity contribution is -0.146. The number of fused-ring (bicyclic) bond motifs is 1. The second-order valence-corrected chi connectivity index (χ2v) is 11.5. The highest BCUT2D eigenvalue weighted by atomic mass is 32.2. The molecule has 2 aromatic rings. The highest BCUT2D eigenvalue weighted by molar-refractivity contribution is 7.89. The normalized spacial score (nSPS) is 18.8. The Bertz CT molecular complexity index is 1260. The Labute approximate surface area is 212 Å². The van der Waals surface area contributed by atoms with Gasteiger partial charge in [0.25, 0.3) is 0 Å². The van der Waals surface area contributed by atoms with E-state index in [2.05, 4.69) is 19.9 Å². The van der Waals surface area contributed by atoms with Crippen LogP contribution >= 0.6 is 0 Å². The number of allylic oxidation sites excluding steroid dienone is 1. The molecule has 1 saturated heterocycles. The number of rotatable bonds is 8. The van der Waals surface area contributed by atoms with Crippen LogP contribution in [-0.2, 0) is 40.9 Å². The first kappa shape index (κ1) is 26.1. The van der Waals surface area contributed by atoms with E-state index in [0.717, 1.165) is 22.5 Å². The van der Waals surface area contributed by atoms with Crippen LogP contribution in [0.5, 0.6) is 0 Å². The van der Waals surface area contributed by atoms with E-state index in [1.54, 1.807) is 30.3 Å². The summed E-state index contributed by atoms with van der Waals surface area (Å²) in [5, 5.41) is 0. The van der Waals surface area contributed by atoms with Gasteiger partial charge in [-0.1, -0.05) is 44.2 Å². The zero-order chi connectivity index (χ0) is 25.9. The first-order chi connectivity index (χ1) is 17.1. The number of anilines is 1. The van der Waals surface area contributed by atoms with E-state index in [0.29, 0.717) is 32.7 Å². The van der Waals surface area contributed by atoms with Gasteiger partial charge in [0.2, 0.25) is 10.0 Å². The summed E-state index contributed by atoms with van der Waals surface area (Å²) >= 11 is 0. The number of likely N-dealkylation sites (N-methyl/N-ethyl adjacent to an activating group) is 1. The van der Waals surface area contributed by atoms with E-state index >= 15 is 0 Å². The smallest absolute Gasteiger partial charge is 0.306 e. The highest BCUT2D eigenvalue weighted by Crippen LogP contribution is 2.46. The number of sulfonamides is 1. The summed E-state index contributed by atoms with van der Waals surface area (Å²) in [5.74, 6) is -0.752. The summed E-state index contributed by atoms with van der Waals surface area (Å²) in [6.45, 7) is 5.27.